The van der Waals surface area contributed by atoms with Gasteiger partial charge in [0, 0.05) is 12.1 Å². The summed E-state index contributed by atoms with van der Waals surface area (Å²) in [6.07, 6.45) is 0.715. The average Bonchev–Trinajstić information content (AvgIpc) is 3.03. The molecule has 0 aromatic heterocycles. The Labute approximate surface area is 187 Å². The molecule has 0 aliphatic carbocycles. The number of ketones is 1. The number of rotatable bonds is 6. The number of Topliss-reactive ketones (excluding diaryl/α,β-unsaturated/α-hetero) is 1. The number of aryl methyl sites for hydroxylation is 1. The molecule has 2 heterocycles. The molecule has 2 aromatic carbocycles. The van der Waals surface area contributed by atoms with Gasteiger partial charge in [0.1, 0.15) is 19.0 Å². The molecular weight excluding hydrogens is 408 g/mol. The van der Waals surface area contributed by atoms with E-state index in [1.54, 1.807) is 23.1 Å². The molecule has 7 nitrogen and oxygen atoms in total. The van der Waals surface area contributed by atoms with Gasteiger partial charge in [-0.15, -0.1) is 0 Å². The topological polar surface area (TPSA) is 79.3 Å². The van der Waals surface area contributed by atoms with Gasteiger partial charge in [-0.25, -0.2) is 0 Å². The maximum Gasteiger partial charge on any atom is 0.295 e. The van der Waals surface area contributed by atoms with Crippen LogP contribution in [0.1, 0.15) is 29.2 Å². The van der Waals surface area contributed by atoms with Crippen molar-refractivity contribution in [1.29, 1.82) is 0 Å². The molecule has 0 unspecified atom stereocenters. The first-order chi connectivity index (χ1) is 15.4. The third-order valence-corrected chi connectivity index (χ3v) is 5.75. The average molecular weight is 437 g/mol. The van der Waals surface area contributed by atoms with Crippen molar-refractivity contribution in [1.82, 2.24) is 9.80 Å². The highest BCUT2D eigenvalue weighted by molar-refractivity contribution is 6.46. The summed E-state index contributed by atoms with van der Waals surface area (Å²) in [5.41, 5.74) is 2.38. The van der Waals surface area contributed by atoms with Crippen molar-refractivity contribution in [2.45, 2.75) is 19.4 Å². The summed E-state index contributed by atoms with van der Waals surface area (Å²) in [6, 6.07) is 12.1. The van der Waals surface area contributed by atoms with Crippen LogP contribution in [0.25, 0.3) is 5.76 Å². The van der Waals surface area contributed by atoms with Crippen LogP contribution >= 0.6 is 0 Å². The summed E-state index contributed by atoms with van der Waals surface area (Å²) < 4.78 is 11.2. The van der Waals surface area contributed by atoms with Gasteiger partial charge in [-0.2, -0.15) is 0 Å². The van der Waals surface area contributed by atoms with Gasteiger partial charge in [0.05, 0.1) is 11.6 Å². The van der Waals surface area contributed by atoms with Gasteiger partial charge < -0.3 is 24.4 Å². The molecule has 32 heavy (non-hydrogen) atoms. The van der Waals surface area contributed by atoms with Crippen molar-refractivity contribution in [2.75, 3.05) is 40.4 Å². The minimum absolute atomic E-state index is 0.0976. The van der Waals surface area contributed by atoms with E-state index in [0.717, 1.165) is 17.7 Å². The van der Waals surface area contributed by atoms with E-state index in [0.29, 0.717) is 43.2 Å². The Bertz CT molecular complexity index is 1060. The van der Waals surface area contributed by atoms with Gasteiger partial charge in [0.2, 0.25) is 0 Å². The summed E-state index contributed by atoms with van der Waals surface area (Å²) in [5, 5.41) is 11.2. The molecule has 0 saturated carbocycles. The minimum atomic E-state index is -0.673. The van der Waals surface area contributed by atoms with Crippen LogP contribution in [0.2, 0.25) is 0 Å². The second-order valence-corrected chi connectivity index (χ2v) is 8.42. The summed E-state index contributed by atoms with van der Waals surface area (Å²) >= 11 is 0. The van der Waals surface area contributed by atoms with Crippen LogP contribution < -0.4 is 9.47 Å². The van der Waals surface area contributed by atoms with Crippen LogP contribution in [0.3, 0.4) is 0 Å². The van der Waals surface area contributed by atoms with E-state index in [9.17, 15) is 14.7 Å². The number of fused-ring (bicyclic) bond motifs is 1. The molecular formula is C25H28N2O5. The number of hydrogen-bond acceptors (Lipinski definition) is 6. The maximum atomic E-state index is 13.1. The van der Waals surface area contributed by atoms with E-state index in [2.05, 4.69) is 0 Å². The molecule has 1 fully saturated rings. The highest BCUT2D eigenvalue weighted by Crippen LogP contribution is 2.41. The summed E-state index contributed by atoms with van der Waals surface area (Å²) in [6.45, 7) is 4.05. The van der Waals surface area contributed by atoms with Crippen molar-refractivity contribution >= 4 is 17.4 Å². The first kappa shape index (κ1) is 21.9. The fraction of sp³-hybridized carbons (Fsp3) is 0.360. The molecule has 0 bridgehead atoms. The lowest BCUT2D eigenvalue weighted by Crippen LogP contribution is -2.32. The molecule has 2 aliphatic heterocycles. The van der Waals surface area contributed by atoms with Crippen LogP contribution in [0.15, 0.2) is 48.0 Å². The number of carbonyl (C=O) groups excluding carboxylic acids is 2. The Morgan fingerprint density at radius 3 is 2.44 bits per heavy atom. The number of carbonyl (C=O) groups is 2. The van der Waals surface area contributed by atoms with Gasteiger partial charge in [-0.05, 0) is 57.7 Å². The maximum absolute atomic E-state index is 13.1. The number of likely N-dealkylation sites (tertiary alicyclic amines) is 1. The van der Waals surface area contributed by atoms with Gasteiger partial charge in [0.15, 0.2) is 11.5 Å². The van der Waals surface area contributed by atoms with Crippen molar-refractivity contribution in [3.05, 3.63) is 64.7 Å². The van der Waals surface area contributed by atoms with Gasteiger partial charge in [-0.3, -0.25) is 9.59 Å². The molecule has 0 spiro atoms. The minimum Gasteiger partial charge on any atom is -0.507 e. The summed E-state index contributed by atoms with van der Waals surface area (Å²) in [4.78, 5) is 29.7. The smallest absolute Gasteiger partial charge is 0.295 e. The van der Waals surface area contributed by atoms with Gasteiger partial charge >= 0.3 is 0 Å². The van der Waals surface area contributed by atoms with Gasteiger partial charge in [0.25, 0.3) is 11.7 Å². The van der Waals surface area contributed by atoms with Crippen molar-refractivity contribution in [2.24, 2.45) is 0 Å². The van der Waals surface area contributed by atoms with Crippen LogP contribution in [-0.2, 0) is 9.59 Å². The number of benzene rings is 2. The number of amides is 1. The van der Waals surface area contributed by atoms with Crippen LogP contribution in [0.4, 0.5) is 0 Å². The number of aliphatic hydroxyl groups excluding tert-OH is 1. The quantitative estimate of drug-likeness (QED) is 0.426. The predicted octanol–water partition coefficient (Wildman–Crippen LogP) is 3.14. The van der Waals surface area contributed by atoms with Gasteiger partial charge in [-0.1, -0.05) is 29.8 Å². The number of nitrogens with zero attached hydrogens (tertiary/aromatic N) is 2. The molecule has 168 valence electrons. The molecule has 1 atom stereocenters. The third kappa shape index (κ3) is 4.21. The van der Waals surface area contributed by atoms with Crippen molar-refractivity contribution in [3.8, 4) is 11.5 Å². The highest BCUT2D eigenvalue weighted by atomic mass is 16.6. The van der Waals surface area contributed by atoms with E-state index in [-0.39, 0.29) is 11.3 Å². The standard InChI is InChI=1S/C25H28N2O5/c1-16-5-7-17(8-6-16)22-21(24(29)25(30)27(22)12-4-11-26(2)3)23(28)18-9-10-19-20(15-18)32-14-13-31-19/h5-10,15,22,28H,4,11-14H2,1-3H3/b23-21+/t22-/m0/s1. The Morgan fingerprint density at radius 1 is 1.06 bits per heavy atom. The Hall–Kier alpha value is -3.32. The Kier molecular flexibility index (Phi) is 6.19. The first-order valence-corrected chi connectivity index (χ1v) is 10.8. The van der Waals surface area contributed by atoms with E-state index in [1.807, 2.05) is 50.2 Å². The third-order valence-electron chi connectivity index (χ3n) is 5.75. The lowest BCUT2D eigenvalue weighted by atomic mass is 9.94. The lowest BCUT2D eigenvalue weighted by Gasteiger charge is -2.26. The zero-order valence-corrected chi connectivity index (χ0v) is 18.6. The molecule has 4 rings (SSSR count). The monoisotopic (exact) mass is 436 g/mol. The van der Waals surface area contributed by atoms with E-state index in [4.69, 9.17) is 9.47 Å². The van der Waals surface area contributed by atoms with E-state index >= 15 is 0 Å². The Morgan fingerprint density at radius 2 is 1.75 bits per heavy atom. The fourth-order valence-electron chi connectivity index (χ4n) is 4.11. The lowest BCUT2D eigenvalue weighted by molar-refractivity contribution is -0.139. The largest absolute Gasteiger partial charge is 0.507 e. The molecule has 2 aliphatic rings. The van der Waals surface area contributed by atoms with Crippen LogP contribution in [-0.4, -0.2) is 67.0 Å². The SMILES string of the molecule is Cc1ccc([C@H]2/C(=C(\O)c3ccc4c(c3)OCCO4)C(=O)C(=O)N2CCCN(C)C)cc1. The summed E-state index contributed by atoms with van der Waals surface area (Å²) in [5.74, 6) is -0.373. The van der Waals surface area contributed by atoms with E-state index in [1.165, 1.54) is 0 Å². The zero-order valence-electron chi connectivity index (χ0n) is 18.6. The summed E-state index contributed by atoms with van der Waals surface area (Å²) in [7, 11) is 3.93. The normalized spacial score (nSPS) is 19.6. The second-order valence-electron chi connectivity index (χ2n) is 8.42. The van der Waals surface area contributed by atoms with Crippen molar-refractivity contribution < 1.29 is 24.2 Å². The highest BCUT2D eigenvalue weighted by Gasteiger charge is 2.45. The zero-order chi connectivity index (χ0) is 22.8. The molecule has 0 radical (unpaired) electrons. The molecule has 1 N–H and O–H groups in total. The number of ether oxygens (including phenoxy) is 2. The van der Waals surface area contributed by atoms with Crippen LogP contribution in [0, 0.1) is 6.92 Å². The molecule has 1 saturated heterocycles. The molecule has 1 amide bonds. The van der Waals surface area contributed by atoms with Crippen LogP contribution in [0.5, 0.6) is 11.5 Å². The molecule has 2 aromatic rings. The number of hydrogen-bond donors (Lipinski definition) is 1. The predicted molar refractivity (Wildman–Crippen MR) is 121 cm³/mol. The Balaban J connectivity index is 1.77. The van der Waals surface area contributed by atoms with E-state index < -0.39 is 17.7 Å². The molecule has 7 heteroatoms. The second kappa shape index (κ2) is 9.04. The first-order valence-electron chi connectivity index (χ1n) is 10.8. The van der Waals surface area contributed by atoms with Crippen molar-refractivity contribution in [3.63, 3.8) is 0 Å². The fourth-order valence-corrected chi connectivity index (χ4v) is 4.11. The number of aliphatic hydroxyl groups is 1.